The molecule has 3 aliphatic rings. The summed E-state index contributed by atoms with van der Waals surface area (Å²) in [4.78, 5) is 37.3. The Balaban J connectivity index is 1.39. The maximum absolute atomic E-state index is 14.3. The van der Waals surface area contributed by atoms with Gasteiger partial charge in [0, 0.05) is 49.5 Å². The van der Waals surface area contributed by atoms with Gasteiger partial charge in [-0.1, -0.05) is 52.5 Å². The zero-order chi connectivity index (χ0) is 28.5. The van der Waals surface area contributed by atoms with E-state index in [1.165, 1.54) is 31.2 Å². The fourth-order valence-corrected chi connectivity index (χ4v) is 7.30. The number of carbonyl (C=O) groups excluding carboxylic acids is 1. The van der Waals surface area contributed by atoms with E-state index < -0.39 is 6.16 Å². The standard InChI is InChI=1S/C32H44N4O4/c1-32(2,3)30-33-18-15-28(34-30)35-19-16-24(17-20-35)36(4,29(37)14-9-22-7-5-6-8-22)27-13-11-23-10-12-25(21-26(23)27)40-31(38)39/h10,12,15,18,21-22,24,27H,5-9,11,13-14,16-17,19-20H2,1-4H3/p+1. The summed E-state index contributed by atoms with van der Waals surface area (Å²) in [5.41, 5.74) is 2.15. The monoisotopic (exact) mass is 549 g/mol. The van der Waals surface area contributed by atoms with Crippen LogP contribution in [-0.4, -0.2) is 57.8 Å². The number of aromatic nitrogens is 2. The number of carbonyl (C=O) groups is 2. The third-order valence-electron chi connectivity index (χ3n) is 9.65. The van der Waals surface area contributed by atoms with Crippen molar-refractivity contribution in [1.29, 1.82) is 0 Å². The average Bonchev–Trinajstić information content (AvgIpc) is 3.61. The first kappa shape index (κ1) is 28.5. The summed E-state index contributed by atoms with van der Waals surface area (Å²) in [6.45, 7) is 8.08. The Morgan fingerprint density at radius 2 is 1.80 bits per heavy atom. The lowest BCUT2D eigenvalue weighted by Gasteiger charge is -2.47. The Morgan fingerprint density at radius 1 is 1.07 bits per heavy atom. The fraction of sp³-hybridized carbons (Fsp3) is 0.625. The van der Waals surface area contributed by atoms with Gasteiger partial charge in [-0.3, -0.25) is 4.48 Å². The van der Waals surface area contributed by atoms with E-state index in [0.29, 0.717) is 28.5 Å². The third kappa shape index (κ3) is 5.87. The van der Waals surface area contributed by atoms with Crippen LogP contribution in [-0.2, 0) is 16.6 Å². The van der Waals surface area contributed by atoms with Gasteiger partial charge in [-0.2, -0.15) is 0 Å². The summed E-state index contributed by atoms with van der Waals surface area (Å²) >= 11 is 0. The molecular weight excluding hydrogens is 504 g/mol. The summed E-state index contributed by atoms with van der Waals surface area (Å²) < 4.78 is 5.41. The molecule has 2 heterocycles. The number of quaternary nitrogens is 1. The molecule has 2 aliphatic carbocycles. The van der Waals surface area contributed by atoms with E-state index in [-0.39, 0.29) is 17.5 Å². The predicted octanol–water partition coefficient (Wildman–Crippen LogP) is 6.43. The van der Waals surface area contributed by atoms with Crippen molar-refractivity contribution in [2.24, 2.45) is 5.92 Å². The first-order chi connectivity index (χ1) is 19.1. The van der Waals surface area contributed by atoms with Crippen molar-refractivity contribution in [2.45, 2.75) is 102 Å². The Bertz CT molecular complexity index is 1230. The van der Waals surface area contributed by atoms with Crippen LogP contribution in [0.3, 0.4) is 0 Å². The predicted molar refractivity (Wildman–Crippen MR) is 155 cm³/mol. The minimum Gasteiger partial charge on any atom is -0.449 e. The molecule has 1 N–H and O–H groups in total. The van der Waals surface area contributed by atoms with Gasteiger partial charge in [0.2, 0.25) is 0 Å². The largest absolute Gasteiger partial charge is 0.511 e. The van der Waals surface area contributed by atoms with Gasteiger partial charge in [-0.25, -0.2) is 19.6 Å². The number of hydrogen-bond acceptors (Lipinski definition) is 6. The van der Waals surface area contributed by atoms with Gasteiger partial charge in [0.05, 0.1) is 19.5 Å². The topological polar surface area (TPSA) is 92.6 Å². The molecule has 1 amide bonds. The Labute approximate surface area is 238 Å². The minimum atomic E-state index is -1.31. The second-order valence-corrected chi connectivity index (χ2v) is 13.2. The number of aryl methyl sites for hydroxylation is 1. The quantitative estimate of drug-likeness (QED) is 0.242. The Kier molecular flexibility index (Phi) is 8.18. The summed E-state index contributed by atoms with van der Waals surface area (Å²) in [5, 5.41) is 9.19. The highest BCUT2D eigenvalue weighted by atomic mass is 16.7. The average molecular weight is 550 g/mol. The molecule has 216 valence electrons. The Morgan fingerprint density at radius 3 is 2.48 bits per heavy atom. The van der Waals surface area contributed by atoms with Crippen LogP contribution in [0.2, 0.25) is 0 Å². The van der Waals surface area contributed by atoms with Crippen LogP contribution in [0.5, 0.6) is 5.75 Å². The lowest BCUT2D eigenvalue weighted by atomic mass is 9.92. The number of benzene rings is 1. The highest BCUT2D eigenvalue weighted by molar-refractivity contribution is 5.70. The number of rotatable bonds is 7. The van der Waals surface area contributed by atoms with Crippen molar-refractivity contribution in [2.75, 3.05) is 25.0 Å². The molecule has 2 unspecified atom stereocenters. The number of hydrogen-bond donors (Lipinski definition) is 1. The highest BCUT2D eigenvalue weighted by Gasteiger charge is 2.50. The van der Waals surface area contributed by atoms with Gasteiger partial charge >= 0.3 is 12.1 Å². The second kappa shape index (κ2) is 11.5. The van der Waals surface area contributed by atoms with E-state index >= 15 is 0 Å². The summed E-state index contributed by atoms with van der Waals surface area (Å²) in [5.74, 6) is 3.13. The maximum atomic E-state index is 14.3. The van der Waals surface area contributed by atoms with Gasteiger partial charge in [0.1, 0.15) is 23.4 Å². The lowest BCUT2D eigenvalue weighted by molar-refractivity contribution is -0.892. The summed E-state index contributed by atoms with van der Waals surface area (Å²) in [6.07, 6.45) is 10.8. The molecule has 0 bridgehead atoms. The van der Waals surface area contributed by atoms with Crippen molar-refractivity contribution >= 4 is 17.9 Å². The normalized spacial score (nSPS) is 21.7. The minimum absolute atomic E-state index is 0.00603. The van der Waals surface area contributed by atoms with Crippen LogP contribution in [0, 0.1) is 5.92 Å². The smallest absolute Gasteiger partial charge is 0.449 e. The van der Waals surface area contributed by atoms with E-state index in [4.69, 9.17) is 9.72 Å². The van der Waals surface area contributed by atoms with Crippen molar-refractivity contribution in [3.63, 3.8) is 0 Å². The molecule has 40 heavy (non-hydrogen) atoms. The molecule has 1 aromatic heterocycles. The molecule has 2 aromatic rings. The third-order valence-corrected chi connectivity index (χ3v) is 9.65. The van der Waals surface area contributed by atoms with Gasteiger partial charge in [-0.05, 0) is 42.5 Å². The van der Waals surface area contributed by atoms with Crippen LogP contribution in [0.15, 0.2) is 30.5 Å². The van der Waals surface area contributed by atoms with Gasteiger partial charge in [-0.15, -0.1) is 0 Å². The number of anilines is 1. The second-order valence-electron chi connectivity index (χ2n) is 13.2. The van der Waals surface area contributed by atoms with Crippen molar-refractivity contribution < 1.29 is 23.9 Å². The molecule has 1 saturated heterocycles. The fourth-order valence-electron chi connectivity index (χ4n) is 7.30. The zero-order valence-corrected chi connectivity index (χ0v) is 24.6. The van der Waals surface area contributed by atoms with Crippen LogP contribution >= 0.6 is 0 Å². The van der Waals surface area contributed by atoms with E-state index in [1.54, 1.807) is 6.07 Å². The molecule has 0 spiro atoms. The van der Waals surface area contributed by atoms with Gasteiger partial charge < -0.3 is 14.7 Å². The molecule has 1 aromatic carbocycles. The van der Waals surface area contributed by atoms with Gasteiger partial charge in [0.15, 0.2) is 0 Å². The summed E-state index contributed by atoms with van der Waals surface area (Å²) in [7, 11) is 2.16. The molecule has 1 saturated carbocycles. The van der Waals surface area contributed by atoms with E-state index in [0.717, 1.165) is 62.4 Å². The van der Waals surface area contributed by atoms with Crippen molar-refractivity contribution in [1.82, 2.24) is 9.97 Å². The number of piperidine rings is 1. The van der Waals surface area contributed by atoms with Crippen LogP contribution in [0.4, 0.5) is 10.6 Å². The molecule has 8 nitrogen and oxygen atoms in total. The number of ether oxygens (including phenoxy) is 1. The number of amides is 1. The van der Waals surface area contributed by atoms with Crippen molar-refractivity contribution in [3.8, 4) is 5.75 Å². The van der Waals surface area contributed by atoms with E-state index in [2.05, 4.69) is 37.7 Å². The highest BCUT2D eigenvalue weighted by Crippen LogP contribution is 2.45. The number of carboxylic acid groups (broad SMARTS) is 1. The molecule has 2 fully saturated rings. The molecule has 8 heteroatoms. The first-order valence-electron chi connectivity index (χ1n) is 15.1. The molecule has 2 atom stereocenters. The molecule has 1 aliphatic heterocycles. The SMILES string of the molecule is CC(C)(C)c1nccc(N2CCC([N+](C)(C(=O)CCC3CCCC3)C3CCc4ccc(OC(=O)O)cc43)CC2)n1. The Hall–Kier alpha value is -3.00. The molecular formula is C32H45N4O4+. The number of fused-ring (bicyclic) bond motifs is 1. The van der Waals surface area contributed by atoms with E-state index in [1.807, 2.05) is 24.4 Å². The van der Waals surface area contributed by atoms with Crippen LogP contribution < -0.4 is 9.64 Å². The van der Waals surface area contributed by atoms with Crippen molar-refractivity contribution in [3.05, 3.63) is 47.4 Å². The summed E-state index contributed by atoms with van der Waals surface area (Å²) in [6, 6.07) is 7.77. The van der Waals surface area contributed by atoms with Gasteiger partial charge in [0.25, 0.3) is 0 Å². The van der Waals surface area contributed by atoms with E-state index in [9.17, 15) is 14.7 Å². The maximum Gasteiger partial charge on any atom is 0.511 e. The van der Waals surface area contributed by atoms with Crippen LogP contribution in [0.1, 0.15) is 102 Å². The number of nitrogens with zero attached hydrogens (tertiary/aromatic N) is 4. The first-order valence-corrected chi connectivity index (χ1v) is 15.1. The van der Waals surface area contributed by atoms with Crippen LogP contribution in [0.25, 0.3) is 0 Å². The molecule has 0 radical (unpaired) electrons. The zero-order valence-electron chi connectivity index (χ0n) is 24.6. The lowest BCUT2D eigenvalue weighted by Crippen LogP contribution is -2.60. The molecule has 5 rings (SSSR count).